The van der Waals surface area contributed by atoms with Gasteiger partial charge in [0.2, 0.25) is 0 Å². The number of hydrogen-bond donors (Lipinski definition) is 0. The predicted molar refractivity (Wildman–Crippen MR) is 58.8 cm³/mol. The van der Waals surface area contributed by atoms with Crippen LogP contribution in [0.15, 0.2) is 48.1 Å². The van der Waals surface area contributed by atoms with E-state index < -0.39 is 0 Å². The van der Waals surface area contributed by atoms with Gasteiger partial charge >= 0.3 is 0 Å². The van der Waals surface area contributed by atoms with Gasteiger partial charge in [-0.15, -0.1) is 0 Å². The lowest BCUT2D eigenvalue weighted by atomic mass is 10.2. The molecule has 1 unspecified atom stereocenters. The molecule has 2 rings (SSSR count). The summed E-state index contributed by atoms with van der Waals surface area (Å²) in [5.74, 6) is 0. The topological polar surface area (TPSA) is 12.4 Å². The molecule has 0 fully saturated rings. The normalized spacial score (nSPS) is 23.5. The number of hydrogen-bond acceptors (Lipinski definition) is 1. The molecule has 0 saturated carbocycles. The zero-order chi connectivity index (χ0) is 9.86. The Morgan fingerprint density at radius 1 is 1.33 bits per heavy atom. The molecule has 3 heteroatoms. The van der Waals surface area contributed by atoms with Crippen LogP contribution in [0.5, 0.6) is 0 Å². The zero-order valence-corrected chi connectivity index (χ0v) is 9.40. The van der Waals surface area contributed by atoms with Gasteiger partial charge in [-0.2, -0.15) is 0 Å². The number of benzene rings is 1. The Kier molecular flexibility index (Phi) is 4.06. The second-order valence-corrected chi connectivity index (χ2v) is 3.67. The van der Waals surface area contributed by atoms with E-state index in [0.717, 1.165) is 24.1 Å². The fourth-order valence-corrected chi connectivity index (χ4v) is 1.77. The van der Waals surface area contributed by atoms with Crippen LogP contribution in [0, 0.1) is 0 Å². The third kappa shape index (κ3) is 2.67. The molecule has 1 atom stereocenters. The molecule has 0 spiro atoms. The highest BCUT2D eigenvalue weighted by Gasteiger charge is 2.26. The molecule has 1 heterocycles. The molecule has 0 aliphatic carbocycles. The quantitative estimate of drug-likeness (QED) is 0.594. The van der Waals surface area contributed by atoms with Crippen LogP contribution in [-0.4, -0.2) is 23.9 Å². The molecular formula is C12H15ClN2. The first-order valence-electron chi connectivity index (χ1n) is 4.90. The fraction of sp³-hybridized carbons (Fsp3) is 0.250. The van der Waals surface area contributed by atoms with Crippen LogP contribution in [0.2, 0.25) is 0 Å². The van der Waals surface area contributed by atoms with Gasteiger partial charge in [0.15, 0.2) is 6.34 Å². The van der Waals surface area contributed by atoms with Crippen molar-refractivity contribution in [3.63, 3.8) is 0 Å². The Morgan fingerprint density at radius 3 is 2.60 bits per heavy atom. The summed E-state index contributed by atoms with van der Waals surface area (Å²) in [6, 6.07) is 10.5. The Hall–Kier alpha value is -1.12. The van der Waals surface area contributed by atoms with E-state index in [-0.39, 0.29) is 12.4 Å². The zero-order valence-electron chi connectivity index (χ0n) is 8.64. The van der Waals surface area contributed by atoms with E-state index in [2.05, 4.69) is 35.8 Å². The third-order valence-electron chi connectivity index (χ3n) is 2.64. The highest BCUT2D eigenvalue weighted by atomic mass is 35.5. The van der Waals surface area contributed by atoms with Crippen molar-refractivity contribution in [2.24, 2.45) is 4.99 Å². The van der Waals surface area contributed by atoms with E-state index in [4.69, 9.17) is 0 Å². The molecule has 80 valence electrons. The van der Waals surface area contributed by atoms with Crippen molar-refractivity contribution in [1.29, 1.82) is 0 Å². The van der Waals surface area contributed by atoms with Gasteiger partial charge in [0, 0.05) is 5.56 Å². The lowest BCUT2D eigenvalue weighted by Gasteiger charge is -2.25. The minimum Gasteiger partial charge on any atom is -1.00 e. The van der Waals surface area contributed by atoms with Crippen molar-refractivity contribution in [3.05, 3.63) is 48.7 Å². The molecule has 15 heavy (non-hydrogen) atoms. The summed E-state index contributed by atoms with van der Waals surface area (Å²) in [7, 11) is 0. The lowest BCUT2D eigenvalue weighted by Crippen LogP contribution is -3.00. The first kappa shape index (κ1) is 12.0. The van der Waals surface area contributed by atoms with E-state index in [9.17, 15) is 0 Å². The van der Waals surface area contributed by atoms with Crippen molar-refractivity contribution >= 4 is 6.34 Å². The molecule has 1 aliphatic heterocycles. The van der Waals surface area contributed by atoms with E-state index in [1.165, 1.54) is 5.56 Å². The number of halogens is 1. The van der Waals surface area contributed by atoms with Crippen LogP contribution < -0.4 is 12.4 Å². The standard InChI is InChI=1S/C12H15N2.ClH/c1-2-14(9-8-13-11-14)10-12-6-4-3-5-7-12;/h2-7,11H,1,8-10H2;1H/q+1;/p-1. The monoisotopic (exact) mass is 222 g/mol. The summed E-state index contributed by atoms with van der Waals surface area (Å²) < 4.78 is 0.782. The van der Waals surface area contributed by atoms with Gasteiger partial charge < -0.3 is 12.4 Å². The van der Waals surface area contributed by atoms with Crippen LogP contribution in [0.3, 0.4) is 0 Å². The number of quaternary nitrogens is 1. The number of nitrogens with zero attached hydrogens (tertiary/aromatic N) is 2. The van der Waals surface area contributed by atoms with Gasteiger partial charge in [-0.05, 0) is 6.58 Å². The van der Waals surface area contributed by atoms with Gasteiger partial charge in [0.25, 0.3) is 0 Å². The summed E-state index contributed by atoms with van der Waals surface area (Å²) in [6.07, 6.45) is 3.98. The maximum absolute atomic E-state index is 4.28. The summed E-state index contributed by atoms with van der Waals surface area (Å²) in [5, 5.41) is 0. The lowest BCUT2D eigenvalue weighted by molar-refractivity contribution is -0.788. The average Bonchev–Trinajstić information content (AvgIpc) is 2.69. The second kappa shape index (κ2) is 5.10. The van der Waals surface area contributed by atoms with Crippen molar-refractivity contribution in [2.75, 3.05) is 13.1 Å². The minimum absolute atomic E-state index is 0. The molecule has 1 aliphatic rings. The molecule has 0 saturated heterocycles. The second-order valence-electron chi connectivity index (χ2n) is 3.67. The van der Waals surface area contributed by atoms with Gasteiger partial charge in [-0.1, -0.05) is 30.3 Å². The Morgan fingerprint density at radius 2 is 2.07 bits per heavy atom. The first-order valence-corrected chi connectivity index (χ1v) is 4.90. The molecule has 1 aromatic carbocycles. The Labute approximate surface area is 96.9 Å². The largest absolute Gasteiger partial charge is 1.00 e. The Bertz CT molecular complexity index is 348. The van der Waals surface area contributed by atoms with Crippen LogP contribution in [0.4, 0.5) is 0 Å². The summed E-state index contributed by atoms with van der Waals surface area (Å²) in [4.78, 5) is 4.28. The molecule has 0 aromatic heterocycles. The molecule has 1 aromatic rings. The van der Waals surface area contributed by atoms with E-state index in [1.807, 2.05) is 18.6 Å². The van der Waals surface area contributed by atoms with Crippen LogP contribution in [0.25, 0.3) is 0 Å². The highest BCUT2D eigenvalue weighted by molar-refractivity contribution is 5.49. The van der Waals surface area contributed by atoms with E-state index >= 15 is 0 Å². The van der Waals surface area contributed by atoms with E-state index in [1.54, 1.807) is 0 Å². The Balaban J connectivity index is 0.00000112. The third-order valence-corrected chi connectivity index (χ3v) is 2.64. The summed E-state index contributed by atoms with van der Waals surface area (Å²) in [6.45, 7) is 6.81. The van der Waals surface area contributed by atoms with E-state index in [0.29, 0.717) is 0 Å². The van der Waals surface area contributed by atoms with Crippen molar-refractivity contribution in [1.82, 2.24) is 0 Å². The average molecular weight is 223 g/mol. The molecule has 0 bridgehead atoms. The maximum Gasteiger partial charge on any atom is 0.190 e. The van der Waals surface area contributed by atoms with Crippen molar-refractivity contribution in [3.8, 4) is 0 Å². The smallest absolute Gasteiger partial charge is 0.190 e. The number of aliphatic imine (C=N–C) groups is 1. The number of rotatable bonds is 3. The first-order chi connectivity index (χ1) is 6.85. The SMILES string of the molecule is C=C[N+]1(Cc2ccccc2)C=NCC1.[Cl-]. The summed E-state index contributed by atoms with van der Waals surface area (Å²) in [5.41, 5.74) is 1.33. The van der Waals surface area contributed by atoms with Crippen LogP contribution in [0.1, 0.15) is 5.56 Å². The summed E-state index contributed by atoms with van der Waals surface area (Å²) >= 11 is 0. The van der Waals surface area contributed by atoms with Gasteiger partial charge in [-0.25, -0.2) is 4.99 Å². The van der Waals surface area contributed by atoms with Crippen molar-refractivity contribution in [2.45, 2.75) is 6.54 Å². The van der Waals surface area contributed by atoms with Crippen LogP contribution >= 0.6 is 0 Å². The van der Waals surface area contributed by atoms with Crippen LogP contribution in [-0.2, 0) is 6.54 Å². The van der Waals surface area contributed by atoms with Gasteiger partial charge in [-0.3, -0.25) is 4.48 Å². The molecule has 2 nitrogen and oxygen atoms in total. The van der Waals surface area contributed by atoms with Gasteiger partial charge in [0.1, 0.15) is 13.1 Å². The molecule has 0 N–H and O–H groups in total. The molecule has 0 radical (unpaired) electrons. The highest BCUT2D eigenvalue weighted by Crippen LogP contribution is 2.16. The predicted octanol–water partition coefficient (Wildman–Crippen LogP) is -0.807. The molecular weight excluding hydrogens is 208 g/mol. The maximum atomic E-state index is 4.28. The van der Waals surface area contributed by atoms with Gasteiger partial charge in [0.05, 0.1) is 12.7 Å². The molecule has 0 amide bonds. The fourth-order valence-electron chi connectivity index (χ4n) is 1.77. The van der Waals surface area contributed by atoms with Crippen molar-refractivity contribution < 1.29 is 16.9 Å². The minimum atomic E-state index is 0.